The van der Waals surface area contributed by atoms with E-state index in [1.165, 1.54) is 6.07 Å². The molecule has 2 aromatic rings. The lowest BCUT2D eigenvalue weighted by Gasteiger charge is -2.28. The minimum atomic E-state index is -0.451. The van der Waals surface area contributed by atoms with Crippen molar-refractivity contribution in [3.05, 3.63) is 64.0 Å². The number of nitro groups is 1. The molecule has 26 heavy (non-hydrogen) atoms. The summed E-state index contributed by atoms with van der Waals surface area (Å²) < 4.78 is 5.29. The third kappa shape index (κ3) is 3.97. The van der Waals surface area contributed by atoms with Crippen molar-refractivity contribution in [2.75, 3.05) is 31.2 Å². The number of carbonyl (C=O) groups excluding carboxylic acids is 1. The molecule has 136 valence electrons. The van der Waals surface area contributed by atoms with E-state index in [4.69, 9.17) is 4.74 Å². The molecule has 0 radical (unpaired) electrons. The normalized spacial score (nSPS) is 15.3. The number of benzene rings is 1. The molecule has 1 aromatic carbocycles. The van der Waals surface area contributed by atoms with E-state index in [1.807, 2.05) is 24.0 Å². The van der Waals surface area contributed by atoms with Gasteiger partial charge in [-0.1, -0.05) is 0 Å². The second-order valence-corrected chi connectivity index (χ2v) is 6.04. The maximum atomic E-state index is 12.5. The molecule has 0 bridgehead atoms. The number of hydrogen-bond donors (Lipinski definition) is 1. The van der Waals surface area contributed by atoms with Crippen LogP contribution in [0.1, 0.15) is 28.9 Å². The number of morpholine rings is 1. The standard InChI is InChI=1S/C18H20N4O4/c1-13(14-4-6-19-7-5-14)20-18(23)15-2-3-16(17(12-15)22(24)25)21-8-10-26-11-9-21/h2-7,12-13H,8-11H2,1H3,(H,20,23). The van der Waals surface area contributed by atoms with Gasteiger partial charge in [0.05, 0.1) is 24.2 Å². The molecule has 8 nitrogen and oxygen atoms in total. The molecule has 2 heterocycles. The Morgan fingerprint density at radius 2 is 1.96 bits per heavy atom. The molecule has 1 aliphatic rings. The molecule has 1 amide bonds. The summed E-state index contributed by atoms with van der Waals surface area (Å²) in [6.07, 6.45) is 3.31. The van der Waals surface area contributed by atoms with Crippen LogP contribution >= 0.6 is 0 Å². The molecule has 1 aromatic heterocycles. The molecule has 1 N–H and O–H groups in total. The lowest BCUT2D eigenvalue weighted by Crippen LogP contribution is -2.36. The molecule has 0 aliphatic carbocycles. The number of amides is 1. The van der Waals surface area contributed by atoms with Crippen LogP contribution in [0.5, 0.6) is 0 Å². The van der Waals surface area contributed by atoms with Crippen molar-refractivity contribution >= 4 is 17.3 Å². The number of hydrogen-bond acceptors (Lipinski definition) is 6. The lowest BCUT2D eigenvalue weighted by atomic mass is 10.1. The molecule has 1 fully saturated rings. The van der Waals surface area contributed by atoms with E-state index in [2.05, 4.69) is 10.3 Å². The minimum Gasteiger partial charge on any atom is -0.378 e. The first kappa shape index (κ1) is 17.8. The SMILES string of the molecule is CC(NC(=O)c1ccc(N2CCOCC2)c([N+](=O)[O-])c1)c1ccncc1. The number of ether oxygens (including phenoxy) is 1. The average molecular weight is 356 g/mol. The third-order valence-electron chi connectivity index (χ3n) is 4.34. The van der Waals surface area contributed by atoms with Crippen molar-refractivity contribution in [3.8, 4) is 0 Å². The smallest absolute Gasteiger partial charge is 0.293 e. The zero-order valence-electron chi connectivity index (χ0n) is 14.4. The van der Waals surface area contributed by atoms with E-state index in [0.29, 0.717) is 32.0 Å². The fraction of sp³-hybridized carbons (Fsp3) is 0.333. The van der Waals surface area contributed by atoms with Gasteiger partial charge in [-0.05, 0) is 36.8 Å². The fourth-order valence-electron chi connectivity index (χ4n) is 2.90. The monoisotopic (exact) mass is 356 g/mol. The quantitative estimate of drug-likeness (QED) is 0.652. The van der Waals surface area contributed by atoms with Crippen LogP contribution in [0.2, 0.25) is 0 Å². The van der Waals surface area contributed by atoms with Gasteiger partial charge in [-0.15, -0.1) is 0 Å². The number of nitrogens with zero attached hydrogens (tertiary/aromatic N) is 3. The average Bonchev–Trinajstić information content (AvgIpc) is 2.68. The Balaban J connectivity index is 1.80. The van der Waals surface area contributed by atoms with E-state index in [1.54, 1.807) is 24.5 Å². The van der Waals surface area contributed by atoms with E-state index < -0.39 is 4.92 Å². The van der Waals surface area contributed by atoms with Crippen molar-refractivity contribution in [3.63, 3.8) is 0 Å². The first-order valence-corrected chi connectivity index (χ1v) is 8.38. The van der Waals surface area contributed by atoms with E-state index in [-0.39, 0.29) is 23.2 Å². The molecule has 1 aliphatic heterocycles. The van der Waals surface area contributed by atoms with Gasteiger partial charge in [0.25, 0.3) is 11.6 Å². The Labute approximate surface area is 150 Å². The van der Waals surface area contributed by atoms with Crippen LogP contribution in [-0.4, -0.2) is 42.1 Å². The zero-order chi connectivity index (χ0) is 18.5. The summed E-state index contributed by atoms with van der Waals surface area (Å²) in [6.45, 7) is 4.09. The van der Waals surface area contributed by atoms with Crippen molar-refractivity contribution < 1.29 is 14.5 Å². The van der Waals surface area contributed by atoms with Gasteiger partial charge >= 0.3 is 0 Å². The van der Waals surface area contributed by atoms with Crippen LogP contribution in [0.25, 0.3) is 0 Å². The van der Waals surface area contributed by atoms with Gasteiger partial charge in [0.15, 0.2) is 0 Å². The van der Waals surface area contributed by atoms with Crippen molar-refractivity contribution in [1.29, 1.82) is 0 Å². The highest BCUT2D eigenvalue weighted by molar-refractivity contribution is 5.96. The Kier molecular flexibility index (Phi) is 5.43. The molecule has 1 atom stereocenters. The third-order valence-corrected chi connectivity index (χ3v) is 4.34. The largest absolute Gasteiger partial charge is 0.378 e. The van der Waals surface area contributed by atoms with E-state index >= 15 is 0 Å². The van der Waals surface area contributed by atoms with Gasteiger partial charge in [0.2, 0.25) is 0 Å². The molecule has 0 spiro atoms. The second-order valence-electron chi connectivity index (χ2n) is 6.04. The molecule has 3 rings (SSSR count). The van der Waals surface area contributed by atoms with Crippen LogP contribution in [0.15, 0.2) is 42.7 Å². The fourth-order valence-corrected chi connectivity index (χ4v) is 2.90. The minimum absolute atomic E-state index is 0.0730. The summed E-state index contributed by atoms with van der Waals surface area (Å²) in [6, 6.07) is 7.98. The lowest BCUT2D eigenvalue weighted by molar-refractivity contribution is -0.384. The van der Waals surface area contributed by atoms with Gasteiger partial charge < -0.3 is 15.0 Å². The Morgan fingerprint density at radius 3 is 2.62 bits per heavy atom. The number of anilines is 1. The Hall–Kier alpha value is -3.00. The first-order valence-electron chi connectivity index (χ1n) is 8.38. The van der Waals surface area contributed by atoms with E-state index in [9.17, 15) is 14.9 Å². The van der Waals surface area contributed by atoms with Crippen molar-refractivity contribution in [1.82, 2.24) is 10.3 Å². The van der Waals surface area contributed by atoms with Crippen LogP contribution in [0, 0.1) is 10.1 Å². The van der Waals surface area contributed by atoms with Gasteiger partial charge in [-0.2, -0.15) is 0 Å². The molecule has 1 unspecified atom stereocenters. The summed E-state index contributed by atoms with van der Waals surface area (Å²) in [5.41, 5.74) is 1.61. The van der Waals surface area contributed by atoms with E-state index in [0.717, 1.165) is 5.56 Å². The molecule has 1 saturated heterocycles. The zero-order valence-corrected chi connectivity index (χ0v) is 14.4. The maximum Gasteiger partial charge on any atom is 0.293 e. The second kappa shape index (κ2) is 7.92. The highest BCUT2D eigenvalue weighted by atomic mass is 16.6. The Bertz CT molecular complexity index is 791. The topological polar surface area (TPSA) is 97.6 Å². The van der Waals surface area contributed by atoms with Gasteiger partial charge in [0.1, 0.15) is 5.69 Å². The summed E-state index contributed by atoms with van der Waals surface area (Å²) in [5.74, 6) is -0.356. The summed E-state index contributed by atoms with van der Waals surface area (Å²) >= 11 is 0. The highest BCUT2D eigenvalue weighted by Gasteiger charge is 2.23. The predicted octanol–water partition coefficient (Wildman–Crippen LogP) is 2.32. The summed E-state index contributed by atoms with van der Waals surface area (Å²) in [7, 11) is 0. The van der Waals surface area contributed by atoms with Gasteiger partial charge in [-0.25, -0.2) is 0 Å². The summed E-state index contributed by atoms with van der Waals surface area (Å²) in [5, 5.41) is 14.3. The van der Waals surface area contributed by atoms with Crippen LogP contribution in [0.3, 0.4) is 0 Å². The highest BCUT2D eigenvalue weighted by Crippen LogP contribution is 2.30. The first-order chi connectivity index (χ1) is 12.6. The van der Waals surface area contributed by atoms with Gasteiger partial charge in [0, 0.05) is 37.1 Å². The van der Waals surface area contributed by atoms with Gasteiger partial charge in [-0.3, -0.25) is 19.9 Å². The van der Waals surface area contributed by atoms with Crippen LogP contribution in [0.4, 0.5) is 11.4 Å². The summed E-state index contributed by atoms with van der Waals surface area (Å²) in [4.78, 5) is 29.4. The molecular formula is C18H20N4O4. The molecule has 8 heteroatoms. The van der Waals surface area contributed by atoms with Crippen LogP contribution < -0.4 is 10.2 Å². The maximum absolute atomic E-state index is 12.5. The molecule has 0 saturated carbocycles. The van der Waals surface area contributed by atoms with Crippen molar-refractivity contribution in [2.24, 2.45) is 0 Å². The number of pyridine rings is 1. The number of carbonyl (C=O) groups is 1. The predicted molar refractivity (Wildman–Crippen MR) is 96.2 cm³/mol. The molecular weight excluding hydrogens is 336 g/mol. The van der Waals surface area contributed by atoms with Crippen LogP contribution in [-0.2, 0) is 4.74 Å². The number of nitro benzene ring substituents is 1. The number of rotatable bonds is 5. The Morgan fingerprint density at radius 1 is 1.27 bits per heavy atom. The van der Waals surface area contributed by atoms with Crippen molar-refractivity contribution in [2.45, 2.75) is 13.0 Å². The number of aromatic nitrogens is 1. The number of nitrogens with one attached hydrogen (secondary N) is 1.